The van der Waals surface area contributed by atoms with E-state index in [4.69, 9.17) is 14.3 Å². The third-order valence-corrected chi connectivity index (χ3v) is 5.01. The first-order valence-corrected chi connectivity index (χ1v) is 8.26. The summed E-state index contributed by atoms with van der Waals surface area (Å²) in [5.41, 5.74) is 2.58. The molecule has 23 heavy (non-hydrogen) atoms. The monoisotopic (exact) mass is 311 g/mol. The number of fused-ring (bicyclic) bond motifs is 1. The summed E-state index contributed by atoms with van der Waals surface area (Å²) in [5, 5.41) is 1.12. The molecule has 3 nitrogen and oxygen atoms in total. The van der Waals surface area contributed by atoms with E-state index in [1.807, 2.05) is 0 Å². The highest BCUT2D eigenvalue weighted by atomic mass is 16.7. The number of nitrogens with zero attached hydrogens (tertiary/aromatic N) is 1. The molecule has 1 aliphatic heterocycles. The standard InChI is InChI=1S/C19H26BNO2/c1-17(2,3)16-11-8-13-12-14(9-10-15(13)21-16)20-22-18(4,5)19(6,7)23-20/h8-12H,1-7H3. The van der Waals surface area contributed by atoms with Gasteiger partial charge in [-0.25, -0.2) is 0 Å². The van der Waals surface area contributed by atoms with Crippen molar-refractivity contribution < 1.29 is 9.31 Å². The van der Waals surface area contributed by atoms with Crippen molar-refractivity contribution >= 4 is 23.5 Å². The van der Waals surface area contributed by atoms with Gasteiger partial charge in [0.2, 0.25) is 0 Å². The van der Waals surface area contributed by atoms with Crippen LogP contribution in [0.1, 0.15) is 54.2 Å². The Morgan fingerprint density at radius 1 is 0.913 bits per heavy atom. The topological polar surface area (TPSA) is 31.4 Å². The Hall–Kier alpha value is -1.39. The molecule has 0 spiro atoms. The predicted octanol–water partition coefficient (Wildman–Crippen LogP) is 3.83. The van der Waals surface area contributed by atoms with Gasteiger partial charge in [-0.05, 0) is 50.7 Å². The minimum Gasteiger partial charge on any atom is -0.399 e. The van der Waals surface area contributed by atoms with E-state index in [9.17, 15) is 0 Å². The molecule has 0 saturated carbocycles. The fraction of sp³-hybridized carbons (Fsp3) is 0.526. The summed E-state index contributed by atoms with van der Waals surface area (Å²) < 4.78 is 12.3. The van der Waals surface area contributed by atoms with Crippen molar-refractivity contribution in [2.75, 3.05) is 0 Å². The quantitative estimate of drug-likeness (QED) is 0.750. The Balaban J connectivity index is 1.96. The fourth-order valence-electron chi connectivity index (χ4n) is 2.69. The number of benzene rings is 1. The lowest BCUT2D eigenvalue weighted by Crippen LogP contribution is -2.41. The van der Waals surface area contributed by atoms with Crippen LogP contribution >= 0.6 is 0 Å². The van der Waals surface area contributed by atoms with Crippen LogP contribution in [-0.2, 0) is 14.7 Å². The summed E-state index contributed by atoms with van der Waals surface area (Å²) in [5.74, 6) is 0. The Morgan fingerprint density at radius 2 is 1.52 bits per heavy atom. The number of aromatic nitrogens is 1. The molecule has 1 saturated heterocycles. The van der Waals surface area contributed by atoms with Crippen LogP contribution in [0.4, 0.5) is 0 Å². The van der Waals surface area contributed by atoms with Gasteiger partial charge < -0.3 is 9.31 Å². The van der Waals surface area contributed by atoms with Gasteiger partial charge in [-0.1, -0.05) is 39.0 Å². The molecule has 0 N–H and O–H groups in total. The summed E-state index contributed by atoms with van der Waals surface area (Å²) in [6, 6.07) is 10.5. The molecule has 0 amide bonds. The average Bonchev–Trinajstić information content (AvgIpc) is 2.65. The molecule has 1 aliphatic rings. The molecule has 0 aliphatic carbocycles. The molecule has 3 rings (SSSR count). The predicted molar refractivity (Wildman–Crippen MR) is 96.2 cm³/mol. The van der Waals surface area contributed by atoms with Gasteiger partial charge >= 0.3 is 7.12 Å². The van der Waals surface area contributed by atoms with E-state index in [0.29, 0.717) is 0 Å². The van der Waals surface area contributed by atoms with Crippen molar-refractivity contribution in [2.45, 2.75) is 65.1 Å². The van der Waals surface area contributed by atoms with Crippen molar-refractivity contribution in [3.05, 3.63) is 36.0 Å². The Kier molecular flexibility index (Phi) is 3.62. The smallest absolute Gasteiger partial charge is 0.399 e. The van der Waals surface area contributed by atoms with Crippen LogP contribution in [0.25, 0.3) is 10.9 Å². The molecular formula is C19H26BNO2. The summed E-state index contributed by atoms with van der Waals surface area (Å²) in [6.07, 6.45) is 0. The second-order valence-electron chi connectivity index (χ2n) is 8.49. The lowest BCUT2D eigenvalue weighted by molar-refractivity contribution is 0.00578. The van der Waals surface area contributed by atoms with E-state index >= 15 is 0 Å². The van der Waals surface area contributed by atoms with Crippen molar-refractivity contribution in [3.8, 4) is 0 Å². The van der Waals surface area contributed by atoms with E-state index in [2.05, 4.69) is 78.8 Å². The second-order valence-corrected chi connectivity index (χ2v) is 8.49. The van der Waals surface area contributed by atoms with Crippen LogP contribution in [-0.4, -0.2) is 23.3 Å². The maximum absolute atomic E-state index is 6.13. The van der Waals surface area contributed by atoms with E-state index in [1.54, 1.807) is 0 Å². The molecule has 0 atom stereocenters. The first-order valence-electron chi connectivity index (χ1n) is 8.26. The molecule has 2 aromatic rings. The summed E-state index contributed by atoms with van der Waals surface area (Å²) >= 11 is 0. The highest BCUT2D eigenvalue weighted by molar-refractivity contribution is 6.62. The van der Waals surface area contributed by atoms with Crippen molar-refractivity contribution in [1.29, 1.82) is 0 Å². The molecule has 0 radical (unpaired) electrons. The molecular weight excluding hydrogens is 285 g/mol. The van der Waals surface area contributed by atoms with Crippen molar-refractivity contribution in [1.82, 2.24) is 4.98 Å². The second kappa shape index (κ2) is 5.05. The molecule has 1 aromatic heterocycles. The van der Waals surface area contributed by atoms with Crippen LogP contribution in [0, 0.1) is 0 Å². The van der Waals surface area contributed by atoms with Gasteiger partial charge in [0.1, 0.15) is 0 Å². The van der Waals surface area contributed by atoms with Gasteiger partial charge in [-0.15, -0.1) is 0 Å². The van der Waals surface area contributed by atoms with Crippen molar-refractivity contribution in [2.24, 2.45) is 0 Å². The van der Waals surface area contributed by atoms with Gasteiger partial charge in [-0.2, -0.15) is 0 Å². The number of pyridine rings is 1. The normalized spacial score (nSPS) is 20.2. The first-order chi connectivity index (χ1) is 10.5. The number of rotatable bonds is 1. The fourth-order valence-corrected chi connectivity index (χ4v) is 2.69. The maximum atomic E-state index is 6.13. The zero-order valence-electron chi connectivity index (χ0n) is 15.2. The van der Waals surface area contributed by atoms with Crippen LogP contribution in [0.15, 0.2) is 30.3 Å². The SMILES string of the molecule is CC(C)(C)c1ccc2cc(B3OC(C)(C)C(C)(C)O3)ccc2n1. The van der Waals surface area contributed by atoms with Gasteiger partial charge in [0, 0.05) is 11.1 Å². The van der Waals surface area contributed by atoms with Crippen LogP contribution in [0.2, 0.25) is 0 Å². The molecule has 122 valence electrons. The highest BCUT2D eigenvalue weighted by Crippen LogP contribution is 2.36. The summed E-state index contributed by atoms with van der Waals surface area (Å²) in [6.45, 7) is 14.8. The minimum absolute atomic E-state index is 0.0542. The Labute approximate surface area is 139 Å². The molecule has 0 bridgehead atoms. The van der Waals surface area contributed by atoms with Crippen molar-refractivity contribution in [3.63, 3.8) is 0 Å². The number of hydrogen-bond donors (Lipinski definition) is 0. The third-order valence-electron chi connectivity index (χ3n) is 5.01. The largest absolute Gasteiger partial charge is 0.494 e. The maximum Gasteiger partial charge on any atom is 0.494 e. The average molecular weight is 311 g/mol. The van der Waals surface area contributed by atoms with E-state index in [1.165, 1.54) is 0 Å². The highest BCUT2D eigenvalue weighted by Gasteiger charge is 2.51. The van der Waals surface area contributed by atoms with Crippen LogP contribution in [0.5, 0.6) is 0 Å². The molecule has 1 fully saturated rings. The van der Waals surface area contributed by atoms with E-state index in [-0.39, 0.29) is 23.7 Å². The molecule has 2 heterocycles. The van der Waals surface area contributed by atoms with Gasteiger partial charge in [0.05, 0.1) is 16.7 Å². The lowest BCUT2D eigenvalue weighted by Gasteiger charge is -2.32. The van der Waals surface area contributed by atoms with Gasteiger partial charge in [-0.3, -0.25) is 4.98 Å². The Morgan fingerprint density at radius 3 is 2.09 bits per heavy atom. The molecule has 4 heteroatoms. The van der Waals surface area contributed by atoms with Gasteiger partial charge in [0.15, 0.2) is 0 Å². The third kappa shape index (κ3) is 2.90. The van der Waals surface area contributed by atoms with Crippen LogP contribution < -0.4 is 5.46 Å². The Bertz CT molecular complexity index is 731. The molecule has 0 unspecified atom stereocenters. The first kappa shape index (κ1) is 16.5. The zero-order chi connectivity index (χ0) is 17.0. The summed E-state index contributed by atoms with van der Waals surface area (Å²) in [4.78, 5) is 4.79. The van der Waals surface area contributed by atoms with E-state index < -0.39 is 0 Å². The number of hydrogen-bond acceptors (Lipinski definition) is 3. The minimum atomic E-state index is -0.327. The van der Waals surface area contributed by atoms with E-state index in [0.717, 1.165) is 22.1 Å². The molecule has 1 aromatic carbocycles. The summed E-state index contributed by atoms with van der Waals surface area (Å²) in [7, 11) is -0.327. The van der Waals surface area contributed by atoms with Crippen LogP contribution in [0.3, 0.4) is 0 Å². The van der Waals surface area contributed by atoms with Gasteiger partial charge in [0.25, 0.3) is 0 Å². The zero-order valence-corrected chi connectivity index (χ0v) is 15.2. The lowest BCUT2D eigenvalue weighted by atomic mass is 9.78.